The van der Waals surface area contributed by atoms with Crippen molar-refractivity contribution in [3.05, 3.63) is 143 Å². The van der Waals surface area contributed by atoms with E-state index < -0.39 is 10.2 Å². The van der Waals surface area contributed by atoms with Gasteiger partial charge in [0.2, 0.25) is 5.69 Å². The van der Waals surface area contributed by atoms with E-state index in [4.69, 9.17) is 18.6 Å². The summed E-state index contributed by atoms with van der Waals surface area (Å²) in [7, 11) is -2.80. The van der Waals surface area contributed by atoms with Gasteiger partial charge in [-0.1, -0.05) is 109 Å². The minimum Gasteiger partial charge on any atom is -0.222 e. The van der Waals surface area contributed by atoms with Crippen LogP contribution in [-0.2, 0) is 0 Å². The Morgan fingerprint density at radius 2 is 1.15 bits per heavy atom. The molecule has 5 aromatic rings. The minimum atomic E-state index is -4.94. The number of halogens is 1. The van der Waals surface area contributed by atoms with Crippen molar-refractivity contribution in [3.8, 4) is 0 Å². The summed E-state index contributed by atoms with van der Waals surface area (Å²) in [4.78, 5) is 2.54. The van der Waals surface area contributed by atoms with Crippen molar-refractivity contribution in [2.24, 2.45) is 0 Å². The van der Waals surface area contributed by atoms with E-state index in [1.54, 1.807) is 0 Å². The topological polar surface area (TPSA) is 95.2 Å². The van der Waals surface area contributed by atoms with Crippen LogP contribution in [-0.4, -0.2) is 17.8 Å². The summed E-state index contributed by atoms with van der Waals surface area (Å²) in [5, 5.41) is 5.24. The zero-order valence-electron chi connectivity index (χ0n) is 22.0. The highest BCUT2D eigenvalue weighted by Gasteiger charge is 2.25. The number of rotatable bonds is 3. The third-order valence-corrected chi connectivity index (χ3v) is 8.20. The van der Waals surface area contributed by atoms with Crippen molar-refractivity contribution in [2.75, 3.05) is 7.05 Å². The second-order valence-electron chi connectivity index (χ2n) is 9.69. The van der Waals surface area contributed by atoms with Gasteiger partial charge in [-0.15, -0.1) is 10.2 Å². The van der Waals surface area contributed by atoms with Crippen LogP contribution in [0.4, 0.5) is 5.69 Å². The third kappa shape index (κ3) is 5.76. The van der Waals surface area contributed by atoms with Crippen molar-refractivity contribution in [1.29, 1.82) is 0 Å². The van der Waals surface area contributed by atoms with E-state index in [0.717, 1.165) is 0 Å². The molecule has 7 heteroatoms. The number of allylic oxidation sites excluding steroid dienone is 3. The van der Waals surface area contributed by atoms with E-state index in [1.807, 2.05) is 11.8 Å². The molecule has 0 bridgehead atoms. The van der Waals surface area contributed by atoms with E-state index in [-0.39, 0.29) is 0 Å². The van der Waals surface area contributed by atoms with Crippen LogP contribution in [0.1, 0.15) is 22.3 Å². The Morgan fingerprint density at radius 3 is 1.73 bits per heavy atom. The number of thioether (sulfide) groups is 1. The Bertz CT molecular complexity index is 1840. The lowest BCUT2D eigenvalue weighted by atomic mass is 9.91. The van der Waals surface area contributed by atoms with Crippen LogP contribution in [0.5, 0.6) is 0 Å². The molecule has 5 nitrogen and oxygen atoms in total. The molecule has 0 aliphatic carbocycles. The molecule has 0 saturated carbocycles. The lowest BCUT2D eigenvalue weighted by Crippen LogP contribution is -2.68. The van der Waals surface area contributed by atoms with Crippen LogP contribution in [0.15, 0.2) is 121 Å². The Labute approximate surface area is 244 Å². The smallest absolute Gasteiger partial charge is 0.213 e. The molecule has 2 heterocycles. The molecular weight excluding hydrogens is 554 g/mol. The highest BCUT2D eigenvalue weighted by Crippen LogP contribution is 2.45. The number of benzene rings is 5. The van der Waals surface area contributed by atoms with Crippen LogP contribution in [0.3, 0.4) is 0 Å². The lowest BCUT2D eigenvalue weighted by molar-refractivity contribution is -2.00. The number of hydrogen-bond donors (Lipinski definition) is 0. The summed E-state index contributed by atoms with van der Waals surface area (Å²) < 4.78 is 36.2. The van der Waals surface area contributed by atoms with Gasteiger partial charge < -0.3 is 0 Å². The fourth-order valence-corrected chi connectivity index (χ4v) is 6.52. The zero-order chi connectivity index (χ0) is 28.6. The molecular formula is C34H24ClNO4S. The van der Waals surface area contributed by atoms with E-state index >= 15 is 0 Å². The molecule has 2 aliphatic rings. The van der Waals surface area contributed by atoms with Gasteiger partial charge in [-0.25, -0.2) is 23.2 Å². The molecule has 0 radical (unpaired) electrons. The van der Waals surface area contributed by atoms with Crippen molar-refractivity contribution in [2.45, 2.75) is 0 Å². The monoisotopic (exact) mass is 577 g/mol. The highest BCUT2D eigenvalue weighted by molar-refractivity contribution is 8.16. The van der Waals surface area contributed by atoms with Crippen molar-refractivity contribution >= 4 is 61.1 Å². The Kier molecular flexibility index (Phi) is 7.36. The van der Waals surface area contributed by atoms with Gasteiger partial charge >= 0.3 is 0 Å². The van der Waals surface area contributed by atoms with Crippen LogP contribution in [0.25, 0.3) is 37.4 Å². The van der Waals surface area contributed by atoms with Crippen LogP contribution in [0, 0.1) is 10.2 Å². The summed E-state index contributed by atoms with van der Waals surface area (Å²) in [6.07, 6.45) is 9.33. The van der Waals surface area contributed by atoms with Gasteiger partial charge in [0, 0.05) is 15.9 Å². The van der Waals surface area contributed by atoms with Gasteiger partial charge in [0.05, 0.1) is 10.9 Å². The molecule has 202 valence electrons. The summed E-state index contributed by atoms with van der Waals surface area (Å²) >= 11 is 1.84. The van der Waals surface area contributed by atoms with E-state index in [9.17, 15) is 0 Å². The fraction of sp³-hybridized carbons (Fsp3) is 0.0294. The van der Waals surface area contributed by atoms with Crippen molar-refractivity contribution < 1.29 is 33.5 Å². The molecule has 0 N–H and O–H groups in total. The summed E-state index contributed by atoms with van der Waals surface area (Å²) in [5.74, 6) is 0. The maximum absolute atomic E-state index is 8.49. The van der Waals surface area contributed by atoms with Gasteiger partial charge in [-0.05, 0) is 56.7 Å². The van der Waals surface area contributed by atoms with Gasteiger partial charge in [0.1, 0.15) is 7.05 Å². The average molecular weight is 578 g/mol. The molecule has 0 fully saturated rings. The van der Waals surface area contributed by atoms with E-state index in [0.29, 0.717) is 0 Å². The standard InChI is InChI=1S/C34H24NS.ClHO4/c1-35-22-30-27-16-9-8-15-26(27)29(28-17-10-18-31(35)34(28)30)19-23-20-32(24-11-4-2-5-12-24)36-33(21-23)25-13-6-3-7-14-25;2-1(3,4)5/h2-22H,1H3;(H,2,3,4,5)/q+1;/p-1. The third-order valence-electron chi connectivity index (χ3n) is 7.06. The Morgan fingerprint density at radius 1 is 0.634 bits per heavy atom. The van der Waals surface area contributed by atoms with Crippen molar-refractivity contribution in [1.82, 2.24) is 0 Å². The number of fused-ring (bicyclic) bond motifs is 2. The average Bonchev–Trinajstić information content (AvgIpc) is 3.32. The summed E-state index contributed by atoms with van der Waals surface area (Å²) in [5.41, 5.74) is 7.58. The zero-order valence-corrected chi connectivity index (χ0v) is 23.6. The molecule has 0 amide bonds. The predicted octanol–water partition coefficient (Wildman–Crippen LogP) is 4.16. The number of hydrogen-bond acceptors (Lipinski definition) is 5. The second-order valence-corrected chi connectivity index (χ2v) is 11.5. The van der Waals surface area contributed by atoms with Crippen LogP contribution < -0.4 is 18.6 Å². The Hall–Kier alpha value is -4.01. The first-order chi connectivity index (χ1) is 19.8. The molecule has 7 rings (SSSR count). The summed E-state index contributed by atoms with van der Waals surface area (Å²) in [6.45, 7) is 0. The minimum absolute atomic E-state index is 1.22. The van der Waals surface area contributed by atoms with Gasteiger partial charge in [0.25, 0.3) is 0 Å². The first kappa shape index (κ1) is 27.2. The lowest BCUT2D eigenvalue weighted by Gasteiger charge is -2.18. The highest BCUT2D eigenvalue weighted by atomic mass is 35.7. The first-order valence-corrected chi connectivity index (χ1v) is 14.9. The molecule has 0 unspecified atom stereocenters. The Balaban J connectivity index is 0.000000559. The van der Waals surface area contributed by atoms with E-state index in [1.165, 1.54) is 64.9 Å². The van der Waals surface area contributed by atoms with Crippen LogP contribution in [0.2, 0.25) is 0 Å². The first-order valence-electron chi connectivity index (χ1n) is 12.9. The molecule has 5 aromatic carbocycles. The van der Waals surface area contributed by atoms with Crippen molar-refractivity contribution in [3.63, 3.8) is 0 Å². The molecule has 0 spiro atoms. The number of nitrogens with zero attached hydrogens (tertiary/aromatic N) is 1. The SMILES string of the molecule is C[N+]1=Cc2c3ccccc3c(C=C3C=C(c4ccccc4)SC(c4ccccc4)=C3)c3cccc1c23.[O-][Cl+3]([O-])([O-])[O-]. The van der Waals surface area contributed by atoms with Gasteiger partial charge in [-0.3, -0.25) is 0 Å². The molecule has 2 aliphatic heterocycles. The molecule has 0 aromatic heterocycles. The summed E-state index contributed by atoms with van der Waals surface area (Å²) in [6, 6.07) is 36.9. The largest absolute Gasteiger partial charge is 0.222 e. The quantitative estimate of drug-likeness (QED) is 0.237. The predicted molar refractivity (Wildman–Crippen MR) is 157 cm³/mol. The molecule has 0 atom stereocenters. The fourth-order valence-electron chi connectivity index (χ4n) is 5.39. The maximum atomic E-state index is 8.49. The van der Waals surface area contributed by atoms with Crippen LogP contribution >= 0.6 is 11.8 Å². The van der Waals surface area contributed by atoms with Gasteiger partial charge in [0.15, 0.2) is 6.21 Å². The molecule has 41 heavy (non-hydrogen) atoms. The normalized spacial score (nSPS) is 14.3. The molecule has 0 saturated heterocycles. The maximum Gasteiger partial charge on any atom is 0.213 e. The van der Waals surface area contributed by atoms with E-state index in [2.05, 4.69) is 139 Å². The van der Waals surface area contributed by atoms with Gasteiger partial charge in [-0.2, -0.15) is 0 Å². The second kappa shape index (κ2) is 11.1.